The SMILES string of the molecule is CCCOC(=O)OC(C)C(C)C(c1ccc(OC(=O)CC(C)CC)c(OC(=O)CC(C)CC)c1)[C@H](N)C(=O)O. The maximum absolute atomic E-state index is 12.7. The Balaban J connectivity index is 3.42. The number of esters is 2. The Morgan fingerprint density at radius 3 is 1.90 bits per heavy atom. The van der Waals surface area contributed by atoms with E-state index in [1.807, 2.05) is 34.6 Å². The van der Waals surface area contributed by atoms with Gasteiger partial charge < -0.3 is 29.8 Å². The molecule has 6 atom stereocenters. The van der Waals surface area contributed by atoms with Crippen LogP contribution in [-0.2, 0) is 23.9 Å². The fourth-order valence-corrected chi connectivity index (χ4v) is 3.84. The van der Waals surface area contributed by atoms with E-state index in [1.54, 1.807) is 19.9 Å². The van der Waals surface area contributed by atoms with Gasteiger partial charge in [0.1, 0.15) is 12.1 Å². The molecule has 0 saturated heterocycles. The van der Waals surface area contributed by atoms with Gasteiger partial charge in [-0.1, -0.05) is 60.5 Å². The van der Waals surface area contributed by atoms with Crippen LogP contribution in [0.1, 0.15) is 92.1 Å². The maximum atomic E-state index is 12.7. The second kappa shape index (κ2) is 16.7. The summed E-state index contributed by atoms with van der Waals surface area (Å²) in [6.45, 7) is 13.1. The molecule has 0 heterocycles. The van der Waals surface area contributed by atoms with Crippen molar-refractivity contribution in [2.24, 2.45) is 23.5 Å². The predicted molar refractivity (Wildman–Crippen MR) is 146 cm³/mol. The summed E-state index contributed by atoms with van der Waals surface area (Å²) >= 11 is 0. The van der Waals surface area contributed by atoms with Gasteiger partial charge in [-0.25, -0.2) is 4.79 Å². The largest absolute Gasteiger partial charge is 0.508 e. The van der Waals surface area contributed by atoms with Crippen molar-refractivity contribution < 1.29 is 43.2 Å². The van der Waals surface area contributed by atoms with Crippen molar-refractivity contribution in [3.63, 3.8) is 0 Å². The highest BCUT2D eigenvalue weighted by Crippen LogP contribution is 2.37. The zero-order valence-corrected chi connectivity index (χ0v) is 24.2. The maximum Gasteiger partial charge on any atom is 0.508 e. The van der Waals surface area contributed by atoms with E-state index in [0.29, 0.717) is 12.0 Å². The van der Waals surface area contributed by atoms with Gasteiger partial charge >= 0.3 is 24.1 Å². The molecule has 0 fully saturated rings. The molecule has 220 valence electrons. The molecule has 1 rings (SSSR count). The monoisotopic (exact) mass is 551 g/mol. The lowest BCUT2D eigenvalue weighted by Crippen LogP contribution is -2.42. The Morgan fingerprint density at radius 1 is 0.872 bits per heavy atom. The zero-order chi connectivity index (χ0) is 29.7. The van der Waals surface area contributed by atoms with Gasteiger partial charge in [-0.2, -0.15) is 0 Å². The van der Waals surface area contributed by atoms with E-state index in [-0.39, 0.29) is 42.8 Å². The summed E-state index contributed by atoms with van der Waals surface area (Å²) < 4.78 is 21.5. The van der Waals surface area contributed by atoms with Gasteiger partial charge in [0.2, 0.25) is 0 Å². The van der Waals surface area contributed by atoms with E-state index in [4.69, 9.17) is 24.7 Å². The number of hydrogen-bond donors (Lipinski definition) is 2. The van der Waals surface area contributed by atoms with Crippen LogP contribution in [0.4, 0.5) is 4.79 Å². The Bertz CT molecular complexity index is 964. The van der Waals surface area contributed by atoms with Crippen molar-refractivity contribution in [2.75, 3.05) is 6.61 Å². The first-order valence-electron chi connectivity index (χ1n) is 13.7. The molecule has 3 N–H and O–H groups in total. The van der Waals surface area contributed by atoms with Crippen LogP contribution >= 0.6 is 0 Å². The van der Waals surface area contributed by atoms with E-state index in [2.05, 4.69) is 0 Å². The van der Waals surface area contributed by atoms with Crippen LogP contribution in [0.3, 0.4) is 0 Å². The summed E-state index contributed by atoms with van der Waals surface area (Å²) in [6.07, 6.45) is 0.918. The quantitative estimate of drug-likeness (QED) is 0.200. The summed E-state index contributed by atoms with van der Waals surface area (Å²) in [5, 5.41) is 9.75. The van der Waals surface area contributed by atoms with Gasteiger partial charge in [0, 0.05) is 24.7 Å². The first-order valence-corrected chi connectivity index (χ1v) is 13.7. The number of carbonyl (C=O) groups excluding carboxylic acids is 3. The van der Waals surface area contributed by atoms with Crippen LogP contribution in [0, 0.1) is 17.8 Å². The van der Waals surface area contributed by atoms with Gasteiger partial charge in [-0.15, -0.1) is 0 Å². The average Bonchev–Trinajstić information content (AvgIpc) is 2.88. The number of carboxylic acids is 1. The van der Waals surface area contributed by atoms with E-state index in [1.165, 1.54) is 12.1 Å². The normalized spacial score (nSPS) is 15.7. The third kappa shape index (κ3) is 11.2. The molecular weight excluding hydrogens is 506 g/mol. The van der Waals surface area contributed by atoms with Gasteiger partial charge in [0.25, 0.3) is 0 Å². The van der Waals surface area contributed by atoms with Gasteiger partial charge in [-0.3, -0.25) is 14.4 Å². The van der Waals surface area contributed by atoms with Crippen LogP contribution in [0.15, 0.2) is 18.2 Å². The molecule has 0 bridgehead atoms. The Kier molecular flexibility index (Phi) is 14.5. The third-order valence-electron chi connectivity index (χ3n) is 6.91. The molecule has 10 nitrogen and oxygen atoms in total. The molecule has 0 spiro atoms. The molecule has 0 saturated carbocycles. The molecule has 0 aliphatic heterocycles. The highest BCUT2D eigenvalue weighted by molar-refractivity contribution is 5.77. The smallest absolute Gasteiger partial charge is 0.480 e. The molecule has 39 heavy (non-hydrogen) atoms. The van der Waals surface area contributed by atoms with E-state index >= 15 is 0 Å². The van der Waals surface area contributed by atoms with Gasteiger partial charge in [0.05, 0.1) is 6.61 Å². The molecule has 0 amide bonds. The van der Waals surface area contributed by atoms with E-state index < -0.39 is 48.0 Å². The summed E-state index contributed by atoms with van der Waals surface area (Å²) in [5.41, 5.74) is 6.52. The van der Waals surface area contributed by atoms with Crippen molar-refractivity contribution in [1.29, 1.82) is 0 Å². The number of benzene rings is 1. The average molecular weight is 552 g/mol. The van der Waals surface area contributed by atoms with Crippen LogP contribution in [-0.4, -0.2) is 47.9 Å². The van der Waals surface area contributed by atoms with Crippen molar-refractivity contribution in [1.82, 2.24) is 0 Å². The Labute approximate surface area is 231 Å². The van der Waals surface area contributed by atoms with Crippen LogP contribution < -0.4 is 15.2 Å². The summed E-state index contributed by atoms with van der Waals surface area (Å²) in [7, 11) is 0. The van der Waals surface area contributed by atoms with Crippen LogP contribution in [0.5, 0.6) is 11.5 Å². The lowest BCUT2D eigenvalue weighted by Gasteiger charge is -2.31. The molecule has 0 aromatic heterocycles. The molecule has 0 aliphatic carbocycles. The standard InChI is InChI=1S/C29H45NO9/c1-8-13-36-29(35)37-20(7)19(6)26(27(30)28(33)34)21-11-12-22(38-24(31)14-17(4)9-2)23(16-21)39-25(32)15-18(5)10-3/h11-12,16-20,26-27H,8-10,13-15,30H2,1-7H3,(H,33,34)/t17?,18?,19?,20?,26?,27-/m0/s1. The second-order valence-electron chi connectivity index (χ2n) is 10.3. The van der Waals surface area contributed by atoms with Gasteiger partial charge in [-0.05, 0) is 42.9 Å². The van der Waals surface area contributed by atoms with Crippen molar-refractivity contribution in [2.45, 2.75) is 98.6 Å². The number of carboxylic acid groups (broad SMARTS) is 1. The van der Waals surface area contributed by atoms with Gasteiger partial charge in [0.15, 0.2) is 11.5 Å². The third-order valence-corrected chi connectivity index (χ3v) is 6.91. The first kappa shape index (κ1) is 33.9. The molecule has 0 aliphatic rings. The molecule has 5 unspecified atom stereocenters. The zero-order valence-electron chi connectivity index (χ0n) is 24.2. The molecular formula is C29H45NO9. The van der Waals surface area contributed by atoms with Crippen LogP contribution in [0.25, 0.3) is 0 Å². The fraction of sp³-hybridized carbons (Fsp3) is 0.655. The van der Waals surface area contributed by atoms with E-state index in [9.17, 15) is 24.3 Å². The Hall–Kier alpha value is -3.14. The fourth-order valence-electron chi connectivity index (χ4n) is 3.84. The number of hydrogen-bond acceptors (Lipinski definition) is 9. The van der Waals surface area contributed by atoms with Crippen LogP contribution in [0.2, 0.25) is 0 Å². The number of nitrogens with two attached hydrogens (primary N) is 1. The minimum Gasteiger partial charge on any atom is -0.480 e. The summed E-state index contributed by atoms with van der Waals surface area (Å²) in [5.74, 6) is -3.45. The van der Waals surface area contributed by atoms with E-state index in [0.717, 1.165) is 12.8 Å². The lowest BCUT2D eigenvalue weighted by molar-refractivity contribution is -0.140. The minimum atomic E-state index is -1.37. The molecule has 1 aromatic carbocycles. The summed E-state index contributed by atoms with van der Waals surface area (Å²) in [4.78, 5) is 49.1. The predicted octanol–water partition coefficient (Wildman–Crippen LogP) is 5.45. The molecule has 10 heteroatoms. The molecule has 1 aromatic rings. The number of ether oxygens (including phenoxy) is 4. The number of carbonyl (C=O) groups is 4. The lowest BCUT2D eigenvalue weighted by atomic mass is 9.79. The van der Waals surface area contributed by atoms with Crippen molar-refractivity contribution >= 4 is 24.1 Å². The highest BCUT2D eigenvalue weighted by Gasteiger charge is 2.36. The summed E-state index contributed by atoms with van der Waals surface area (Å²) in [6, 6.07) is 3.13. The molecule has 0 radical (unpaired) electrons. The Morgan fingerprint density at radius 2 is 1.41 bits per heavy atom. The number of aliphatic carboxylic acids is 1. The van der Waals surface area contributed by atoms with Crippen molar-refractivity contribution in [3.05, 3.63) is 23.8 Å². The first-order chi connectivity index (χ1) is 18.3. The highest BCUT2D eigenvalue weighted by atomic mass is 16.7. The van der Waals surface area contributed by atoms with Crippen molar-refractivity contribution in [3.8, 4) is 11.5 Å². The minimum absolute atomic E-state index is 0.0102. The second-order valence-corrected chi connectivity index (χ2v) is 10.3. The topological polar surface area (TPSA) is 151 Å². The number of rotatable bonds is 16.